The van der Waals surface area contributed by atoms with Crippen LogP contribution >= 0.6 is 11.3 Å². The molecule has 1 atom stereocenters. The van der Waals surface area contributed by atoms with E-state index in [1.165, 1.54) is 0 Å². The Bertz CT molecular complexity index is 633. The van der Waals surface area contributed by atoms with Gasteiger partial charge in [0.2, 0.25) is 0 Å². The van der Waals surface area contributed by atoms with Crippen LogP contribution in [0, 0.1) is 0 Å². The summed E-state index contributed by atoms with van der Waals surface area (Å²) in [5, 5.41) is 14.1. The number of hydrogen-bond donors (Lipinski definition) is 2. The van der Waals surface area contributed by atoms with E-state index < -0.39 is 6.10 Å². The van der Waals surface area contributed by atoms with E-state index in [1.807, 2.05) is 54.6 Å². The predicted molar refractivity (Wildman–Crippen MR) is 79.5 cm³/mol. The van der Waals surface area contributed by atoms with Crippen LogP contribution in [0.4, 0.5) is 5.13 Å². The molecule has 0 bridgehead atoms. The quantitative estimate of drug-likeness (QED) is 0.763. The van der Waals surface area contributed by atoms with Crippen molar-refractivity contribution in [1.82, 2.24) is 4.98 Å². The normalized spacial score (nSPS) is 12.5. The first-order chi connectivity index (χ1) is 9.33. The maximum atomic E-state index is 10.1. The first kappa shape index (κ1) is 12.1. The van der Waals surface area contributed by atoms with E-state index in [0.29, 0.717) is 6.54 Å². The van der Waals surface area contributed by atoms with E-state index in [9.17, 15) is 5.11 Å². The Morgan fingerprint density at radius 3 is 2.58 bits per heavy atom. The molecule has 0 aliphatic heterocycles. The van der Waals surface area contributed by atoms with Crippen LogP contribution in [0.1, 0.15) is 11.7 Å². The molecule has 3 rings (SSSR count). The summed E-state index contributed by atoms with van der Waals surface area (Å²) in [6, 6.07) is 17.7. The molecule has 0 spiro atoms. The van der Waals surface area contributed by atoms with Gasteiger partial charge in [0.1, 0.15) is 0 Å². The van der Waals surface area contributed by atoms with E-state index in [-0.39, 0.29) is 0 Å². The predicted octanol–water partition coefficient (Wildman–Crippen LogP) is 3.44. The van der Waals surface area contributed by atoms with Gasteiger partial charge in [-0.15, -0.1) is 0 Å². The maximum absolute atomic E-state index is 10.1. The summed E-state index contributed by atoms with van der Waals surface area (Å²) >= 11 is 1.60. The Kier molecular flexibility index (Phi) is 3.44. The second-order valence-corrected chi connectivity index (χ2v) is 5.32. The van der Waals surface area contributed by atoms with Crippen LogP contribution in [-0.4, -0.2) is 16.6 Å². The summed E-state index contributed by atoms with van der Waals surface area (Å²) in [4.78, 5) is 4.47. The van der Waals surface area contributed by atoms with E-state index in [0.717, 1.165) is 20.9 Å². The molecule has 1 heterocycles. The molecule has 0 radical (unpaired) electrons. The van der Waals surface area contributed by atoms with Crippen LogP contribution in [0.3, 0.4) is 0 Å². The number of nitrogens with zero attached hydrogens (tertiary/aromatic N) is 1. The Morgan fingerprint density at radius 1 is 1.05 bits per heavy atom. The molecule has 0 unspecified atom stereocenters. The van der Waals surface area contributed by atoms with Crippen molar-refractivity contribution in [1.29, 1.82) is 0 Å². The smallest absolute Gasteiger partial charge is 0.183 e. The van der Waals surface area contributed by atoms with Crippen molar-refractivity contribution in [3.8, 4) is 0 Å². The molecule has 96 valence electrons. The lowest BCUT2D eigenvalue weighted by molar-refractivity contribution is 0.191. The minimum Gasteiger partial charge on any atom is -0.387 e. The SMILES string of the molecule is O[C@H](CNc1nc2ccccc2s1)c1ccccc1. The number of para-hydroxylation sites is 1. The number of anilines is 1. The van der Waals surface area contributed by atoms with Gasteiger partial charge in [0, 0.05) is 6.54 Å². The highest BCUT2D eigenvalue weighted by Gasteiger charge is 2.08. The van der Waals surface area contributed by atoms with Crippen LogP contribution in [0.25, 0.3) is 10.2 Å². The fourth-order valence-corrected chi connectivity index (χ4v) is 2.80. The van der Waals surface area contributed by atoms with Crippen molar-refractivity contribution in [3.05, 3.63) is 60.2 Å². The summed E-state index contributed by atoms with van der Waals surface area (Å²) in [7, 11) is 0. The van der Waals surface area contributed by atoms with Crippen molar-refractivity contribution >= 4 is 26.7 Å². The summed E-state index contributed by atoms with van der Waals surface area (Å²) in [5.41, 5.74) is 1.90. The topological polar surface area (TPSA) is 45.1 Å². The van der Waals surface area contributed by atoms with Crippen LogP contribution in [0.5, 0.6) is 0 Å². The number of aliphatic hydroxyl groups is 1. The van der Waals surface area contributed by atoms with E-state index in [1.54, 1.807) is 11.3 Å². The zero-order chi connectivity index (χ0) is 13.1. The number of thiazole rings is 1. The van der Waals surface area contributed by atoms with E-state index >= 15 is 0 Å². The Morgan fingerprint density at radius 2 is 1.79 bits per heavy atom. The van der Waals surface area contributed by atoms with Crippen LogP contribution in [-0.2, 0) is 0 Å². The Hall–Kier alpha value is -1.91. The van der Waals surface area contributed by atoms with Crippen molar-refractivity contribution < 1.29 is 5.11 Å². The lowest BCUT2D eigenvalue weighted by Crippen LogP contribution is -2.11. The number of nitrogens with one attached hydrogen (secondary N) is 1. The minimum atomic E-state index is -0.520. The standard InChI is InChI=1S/C15H14N2OS/c18-13(11-6-2-1-3-7-11)10-16-15-17-12-8-4-5-9-14(12)19-15/h1-9,13,18H,10H2,(H,16,17)/t13-/m1/s1. The molecule has 1 aromatic heterocycles. The van der Waals surface area contributed by atoms with Gasteiger partial charge >= 0.3 is 0 Å². The molecule has 0 amide bonds. The zero-order valence-corrected chi connectivity index (χ0v) is 11.1. The summed E-state index contributed by atoms with van der Waals surface area (Å²) in [6.45, 7) is 0.462. The van der Waals surface area contributed by atoms with Crippen LogP contribution in [0.15, 0.2) is 54.6 Å². The van der Waals surface area contributed by atoms with E-state index in [2.05, 4.69) is 10.3 Å². The summed E-state index contributed by atoms with van der Waals surface area (Å²) in [5.74, 6) is 0. The first-order valence-electron chi connectivity index (χ1n) is 6.15. The molecule has 19 heavy (non-hydrogen) atoms. The molecular formula is C15H14N2OS. The van der Waals surface area contributed by atoms with E-state index in [4.69, 9.17) is 0 Å². The molecule has 0 aliphatic carbocycles. The van der Waals surface area contributed by atoms with Crippen LogP contribution < -0.4 is 5.32 Å². The third kappa shape index (κ3) is 2.75. The molecule has 0 saturated heterocycles. The number of aliphatic hydroxyl groups excluding tert-OH is 1. The summed E-state index contributed by atoms with van der Waals surface area (Å²) in [6.07, 6.45) is -0.520. The molecule has 0 aliphatic rings. The molecule has 3 nitrogen and oxygen atoms in total. The number of aromatic nitrogens is 1. The number of hydrogen-bond acceptors (Lipinski definition) is 4. The van der Waals surface area contributed by atoms with Gasteiger partial charge in [-0.2, -0.15) is 0 Å². The lowest BCUT2D eigenvalue weighted by atomic mass is 10.1. The second kappa shape index (κ2) is 5.38. The fraction of sp³-hybridized carbons (Fsp3) is 0.133. The highest BCUT2D eigenvalue weighted by Crippen LogP contribution is 2.25. The Balaban J connectivity index is 1.69. The van der Waals surface area contributed by atoms with Gasteiger partial charge in [-0.25, -0.2) is 4.98 Å². The number of benzene rings is 2. The maximum Gasteiger partial charge on any atom is 0.183 e. The molecule has 4 heteroatoms. The molecule has 0 saturated carbocycles. The van der Waals surface area contributed by atoms with Crippen molar-refractivity contribution in [2.45, 2.75) is 6.10 Å². The van der Waals surface area contributed by atoms with Crippen molar-refractivity contribution in [2.75, 3.05) is 11.9 Å². The van der Waals surface area contributed by atoms with Crippen LogP contribution in [0.2, 0.25) is 0 Å². The largest absolute Gasteiger partial charge is 0.387 e. The van der Waals surface area contributed by atoms with Gasteiger partial charge < -0.3 is 10.4 Å². The average Bonchev–Trinajstić information content (AvgIpc) is 2.88. The van der Waals surface area contributed by atoms with Gasteiger partial charge in [0.05, 0.1) is 16.3 Å². The lowest BCUT2D eigenvalue weighted by Gasteiger charge is -2.10. The zero-order valence-electron chi connectivity index (χ0n) is 10.3. The monoisotopic (exact) mass is 270 g/mol. The highest BCUT2D eigenvalue weighted by atomic mass is 32.1. The van der Waals surface area contributed by atoms with Gasteiger partial charge in [-0.05, 0) is 17.7 Å². The molecular weight excluding hydrogens is 256 g/mol. The fourth-order valence-electron chi connectivity index (χ4n) is 1.92. The molecule has 2 N–H and O–H groups in total. The average molecular weight is 270 g/mol. The minimum absolute atomic E-state index is 0.462. The highest BCUT2D eigenvalue weighted by molar-refractivity contribution is 7.22. The molecule has 2 aromatic carbocycles. The van der Waals surface area contributed by atoms with Crippen molar-refractivity contribution in [2.24, 2.45) is 0 Å². The third-order valence-electron chi connectivity index (χ3n) is 2.92. The van der Waals surface area contributed by atoms with Gasteiger partial charge in [0.25, 0.3) is 0 Å². The third-order valence-corrected chi connectivity index (χ3v) is 3.92. The number of fused-ring (bicyclic) bond motifs is 1. The second-order valence-electron chi connectivity index (χ2n) is 4.29. The molecule has 0 fully saturated rings. The van der Waals surface area contributed by atoms with Gasteiger partial charge in [-0.3, -0.25) is 0 Å². The van der Waals surface area contributed by atoms with Gasteiger partial charge in [-0.1, -0.05) is 53.8 Å². The summed E-state index contributed by atoms with van der Waals surface area (Å²) < 4.78 is 1.15. The number of rotatable bonds is 4. The molecule has 3 aromatic rings. The Labute approximate surface area is 115 Å². The van der Waals surface area contributed by atoms with Gasteiger partial charge in [0.15, 0.2) is 5.13 Å². The first-order valence-corrected chi connectivity index (χ1v) is 6.97. The van der Waals surface area contributed by atoms with Crippen molar-refractivity contribution in [3.63, 3.8) is 0 Å².